The first-order valence-electron chi connectivity index (χ1n) is 12.0. The molecular weight excluding hydrogens is 431 g/mol. The summed E-state index contributed by atoms with van der Waals surface area (Å²) < 4.78 is 16.0. The summed E-state index contributed by atoms with van der Waals surface area (Å²) >= 11 is 4.33. The van der Waals surface area contributed by atoms with E-state index in [4.69, 9.17) is 18.9 Å². The van der Waals surface area contributed by atoms with Crippen LogP contribution in [0.5, 0.6) is 0 Å². The maximum absolute atomic E-state index is 11.0. The van der Waals surface area contributed by atoms with Gasteiger partial charge < -0.3 is 23.8 Å². The summed E-state index contributed by atoms with van der Waals surface area (Å²) in [5.41, 5.74) is 2.90. The van der Waals surface area contributed by atoms with E-state index < -0.39 is 6.72 Å². The van der Waals surface area contributed by atoms with Crippen molar-refractivity contribution in [2.45, 2.75) is 103 Å². The maximum Gasteiger partial charge on any atom is 0.158 e. The van der Waals surface area contributed by atoms with Gasteiger partial charge in [0.1, 0.15) is 12.8 Å². The van der Waals surface area contributed by atoms with Gasteiger partial charge in [-0.25, -0.2) is 0 Å². The van der Waals surface area contributed by atoms with E-state index in [0.717, 1.165) is 25.7 Å². The van der Waals surface area contributed by atoms with E-state index in [9.17, 15) is 4.89 Å². The van der Waals surface area contributed by atoms with Crippen molar-refractivity contribution in [2.24, 2.45) is 0 Å². The first kappa shape index (κ1) is 26.9. The Morgan fingerprint density at radius 1 is 0.968 bits per heavy atom. The summed E-state index contributed by atoms with van der Waals surface area (Å²) in [5, 5.41) is 0. The zero-order valence-electron chi connectivity index (χ0n) is 19.0. The van der Waals surface area contributed by atoms with Gasteiger partial charge in [0.05, 0.1) is 13.2 Å². The molecule has 5 nitrogen and oxygen atoms in total. The van der Waals surface area contributed by atoms with Crippen LogP contribution in [0.1, 0.15) is 88.7 Å². The second-order valence-electron chi connectivity index (χ2n) is 8.57. The molecule has 1 aromatic rings. The van der Waals surface area contributed by atoms with Gasteiger partial charge in [-0.05, 0) is 49.7 Å². The highest BCUT2D eigenvalue weighted by molar-refractivity contribution is 8.06. The Balaban J connectivity index is 1.46. The van der Waals surface area contributed by atoms with Crippen LogP contribution in [0.25, 0.3) is 0 Å². The van der Waals surface area contributed by atoms with Crippen LogP contribution in [0.15, 0.2) is 24.3 Å². The van der Waals surface area contributed by atoms with Crippen LogP contribution in [0.2, 0.25) is 0 Å². The molecule has 0 spiro atoms. The van der Waals surface area contributed by atoms with Crippen molar-refractivity contribution >= 4 is 18.5 Å². The van der Waals surface area contributed by atoms with Gasteiger partial charge in [0.15, 0.2) is 6.29 Å². The molecule has 1 aromatic carbocycles. The molecule has 178 valence electrons. The standard InChI is InChI=1S/C24H41O5PS/c1-2-3-4-5-6-9-12-21-15-17-22(18-16-21)13-10-7-8-11-14-24-27-19-23(29-24)20-28-30(25,26)31/h15-18,23-24H,2-14,19-20H2,1H3,(H2,25,26,31)/p-1. The molecule has 1 saturated heterocycles. The number of aryl methyl sites for hydroxylation is 2. The molecule has 7 heteroatoms. The van der Waals surface area contributed by atoms with Gasteiger partial charge in [0.25, 0.3) is 0 Å². The van der Waals surface area contributed by atoms with Crippen molar-refractivity contribution in [1.82, 2.24) is 0 Å². The molecule has 0 aliphatic carbocycles. The number of hydrogen-bond donors (Lipinski definition) is 1. The third-order valence-corrected chi connectivity index (χ3v) is 6.52. The van der Waals surface area contributed by atoms with Crippen LogP contribution in [-0.2, 0) is 38.6 Å². The Hall–Kier alpha value is -0.330. The fourth-order valence-corrected chi connectivity index (χ4v) is 4.44. The Bertz CT molecular complexity index is 633. The van der Waals surface area contributed by atoms with E-state index in [2.05, 4.69) is 43.0 Å². The second kappa shape index (κ2) is 15.5. The smallest absolute Gasteiger partial charge is 0.158 e. The van der Waals surface area contributed by atoms with Crippen molar-refractivity contribution in [3.05, 3.63) is 35.4 Å². The van der Waals surface area contributed by atoms with Crippen LogP contribution in [0.3, 0.4) is 0 Å². The van der Waals surface area contributed by atoms with E-state index in [1.54, 1.807) is 0 Å². The predicted molar refractivity (Wildman–Crippen MR) is 127 cm³/mol. The van der Waals surface area contributed by atoms with Gasteiger partial charge in [-0.15, -0.1) is 0 Å². The van der Waals surface area contributed by atoms with E-state index in [1.807, 2.05) is 0 Å². The summed E-state index contributed by atoms with van der Waals surface area (Å²) in [7, 11) is 0. The van der Waals surface area contributed by atoms with Gasteiger partial charge in [0, 0.05) is 0 Å². The molecule has 1 aliphatic heterocycles. The van der Waals surface area contributed by atoms with Crippen molar-refractivity contribution in [1.29, 1.82) is 0 Å². The molecule has 3 atom stereocenters. The van der Waals surface area contributed by atoms with Crippen LogP contribution in [-0.4, -0.2) is 30.5 Å². The molecular formula is C24H40O5PS-. The summed E-state index contributed by atoms with van der Waals surface area (Å²) in [6.45, 7) is -1.21. The van der Waals surface area contributed by atoms with Gasteiger partial charge in [0.2, 0.25) is 0 Å². The lowest BCUT2D eigenvalue weighted by Gasteiger charge is -2.21. The highest BCUT2D eigenvalue weighted by Crippen LogP contribution is 2.32. The third-order valence-electron chi connectivity index (χ3n) is 5.73. The number of benzene rings is 1. The topological polar surface area (TPSA) is 71.0 Å². The summed E-state index contributed by atoms with van der Waals surface area (Å²) in [4.78, 5) is 20.0. The van der Waals surface area contributed by atoms with Crippen LogP contribution in [0.4, 0.5) is 0 Å². The molecule has 0 aromatic heterocycles. The minimum atomic E-state index is -3.86. The quantitative estimate of drug-likeness (QED) is 0.242. The first-order chi connectivity index (χ1) is 15.0. The summed E-state index contributed by atoms with van der Waals surface area (Å²) in [6, 6.07) is 9.20. The average molecular weight is 472 g/mol. The molecule has 2 rings (SSSR count). The Morgan fingerprint density at radius 3 is 2.10 bits per heavy atom. The van der Waals surface area contributed by atoms with E-state index in [-0.39, 0.29) is 19.0 Å². The van der Waals surface area contributed by atoms with E-state index in [1.165, 1.54) is 68.9 Å². The normalized spacial score (nSPS) is 20.7. The van der Waals surface area contributed by atoms with Crippen LogP contribution in [0, 0.1) is 0 Å². The van der Waals surface area contributed by atoms with Crippen molar-refractivity contribution < 1.29 is 23.8 Å². The Labute approximate surface area is 193 Å². The number of ether oxygens (including phenoxy) is 2. The predicted octanol–water partition coefficient (Wildman–Crippen LogP) is 5.42. The Kier molecular flexibility index (Phi) is 13.5. The lowest BCUT2D eigenvalue weighted by molar-refractivity contribution is -0.203. The minimum Gasteiger partial charge on any atom is -0.780 e. The zero-order chi connectivity index (χ0) is 22.4. The average Bonchev–Trinajstić information content (AvgIpc) is 3.20. The van der Waals surface area contributed by atoms with Gasteiger partial charge in [-0.1, -0.05) is 87.9 Å². The monoisotopic (exact) mass is 471 g/mol. The Morgan fingerprint density at radius 2 is 1.52 bits per heavy atom. The number of rotatable bonds is 17. The molecule has 31 heavy (non-hydrogen) atoms. The molecule has 1 aliphatic rings. The maximum atomic E-state index is 11.0. The molecule has 1 heterocycles. The van der Waals surface area contributed by atoms with Crippen molar-refractivity contribution in [3.8, 4) is 0 Å². The lowest BCUT2D eigenvalue weighted by atomic mass is 10.0. The minimum absolute atomic E-state index is 0.00548. The molecule has 1 fully saturated rings. The fraction of sp³-hybridized carbons (Fsp3) is 0.750. The fourth-order valence-electron chi connectivity index (χ4n) is 3.90. The second-order valence-corrected chi connectivity index (χ2v) is 11.2. The van der Waals surface area contributed by atoms with Gasteiger partial charge in [-0.2, -0.15) is 0 Å². The van der Waals surface area contributed by atoms with Crippen molar-refractivity contribution in [2.75, 3.05) is 13.2 Å². The van der Waals surface area contributed by atoms with Crippen LogP contribution < -0.4 is 4.89 Å². The summed E-state index contributed by atoms with van der Waals surface area (Å²) in [5.74, 6) is 0. The zero-order valence-corrected chi connectivity index (χ0v) is 20.7. The molecule has 1 N–H and O–H groups in total. The first-order valence-corrected chi connectivity index (χ1v) is 14.6. The number of hydrogen-bond acceptors (Lipinski definition) is 5. The summed E-state index contributed by atoms with van der Waals surface area (Å²) in [6.07, 6.45) is 15.3. The largest absolute Gasteiger partial charge is 0.780 e. The lowest BCUT2D eigenvalue weighted by Crippen LogP contribution is -2.20. The highest BCUT2D eigenvalue weighted by Gasteiger charge is 2.26. The molecule has 0 bridgehead atoms. The van der Waals surface area contributed by atoms with Crippen LogP contribution >= 0.6 is 6.72 Å². The van der Waals surface area contributed by atoms with Gasteiger partial charge >= 0.3 is 0 Å². The molecule has 0 amide bonds. The SMILES string of the molecule is CCCCCCCCc1ccc(CCCCCCC2OCC(COP([O-])(O)=S)O2)cc1. The third kappa shape index (κ3) is 13.1. The van der Waals surface area contributed by atoms with E-state index in [0.29, 0.717) is 6.61 Å². The highest BCUT2D eigenvalue weighted by atomic mass is 32.5. The molecule has 0 saturated carbocycles. The number of unbranched alkanes of at least 4 members (excludes halogenated alkanes) is 8. The van der Waals surface area contributed by atoms with E-state index >= 15 is 0 Å². The molecule has 0 radical (unpaired) electrons. The van der Waals surface area contributed by atoms with Gasteiger partial charge in [-0.3, -0.25) is 0 Å². The molecule has 3 unspecified atom stereocenters. The van der Waals surface area contributed by atoms with Crippen molar-refractivity contribution in [3.63, 3.8) is 0 Å².